The van der Waals surface area contributed by atoms with Crippen molar-refractivity contribution in [3.63, 3.8) is 0 Å². The van der Waals surface area contributed by atoms with E-state index in [1.54, 1.807) is 11.3 Å². The van der Waals surface area contributed by atoms with Gasteiger partial charge in [-0.2, -0.15) is 0 Å². The molecular weight excluding hydrogens is 360 g/mol. The first-order valence-electron chi connectivity index (χ1n) is 9.71. The minimum Gasteiger partial charge on any atom is -0.486 e. The lowest BCUT2D eigenvalue weighted by Crippen LogP contribution is -2.31. The van der Waals surface area contributed by atoms with Gasteiger partial charge in [-0.25, -0.2) is 4.98 Å². The number of hydrogen-bond acceptors (Lipinski definition) is 7. The molecule has 1 atom stereocenters. The third-order valence-electron chi connectivity index (χ3n) is 5.42. The minimum atomic E-state index is -0.433. The molecule has 142 valence electrons. The molecule has 2 aliphatic carbocycles. The zero-order valence-electron chi connectivity index (χ0n) is 15.1. The van der Waals surface area contributed by atoms with Crippen LogP contribution in [-0.4, -0.2) is 22.7 Å². The minimum absolute atomic E-state index is 0.286. The van der Waals surface area contributed by atoms with Gasteiger partial charge in [-0.05, 0) is 56.7 Å². The maximum absolute atomic E-state index is 10.2. The number of ether oxygens (including phenoxy) is 1. The summed E-state index contributed by atoms with van der Waals surface area (Å²) in [5.74, 6) is 0.868. The number of nitrogens with one attached hydrogen (secondary N) is 2. The fourth-order valence-electron chi connectivity index (χ4n) is 3.70. The highest BCUT2D eigenvalue weighted by atomic mass is 32.1. The van der Waals surface area contributed by atoms with Crippen molar-refractivity contribution in [2.45, 2.75) is 50.7 Å². The normalized spacial score (nSPS) is 21.5. The Labute approximate surface area is 162 Å². The van der Waals surface area contributed by atoms with Crippen molar-refractivity contribution in [2.24, 2.45) is 0 Å². The third-order valence-corrected chi connectivity index (χ3v) is 6.47. The quantitative estimate of drug-likeness (QED) is 0.723. The van der Waals surface area contributed by atoms with Crippen LogP contribution in [0.4, 0.5) is 16.5 Å². The van der Waals surface area contributed by atoms with Crippen molar-refractivity contribution in [1.82, 2.24) is 10.4 Å². The van der Waals surface area contributed by atoms with Crippen LogP contribution in [0.25, 0.3) is 0 Å². The second-order valence-corrected chi connectivity index (χ2v) is 8.41. The third kappa shape index (κ3) is 3.26. The molecule has 2 heterocycles. The fraction of sp³-hybridized carbons (Fsp3) is 0.450. The maximum Gasteiger partial charge on any atom is 0.187 e. The Kier molecular flexibility index (Phi) is 4.41. The first kappa shape index (κ1) is 16.9. The summed E-state index contributed by atoms with van der Waals surface area (Å²) < 4.78 is 6.38. The van der Waals surface area contributed by atoms with Crippen LogP contribution in [0, 0.1) is 0 Å². The van der Waals surface area contributed by atoms with Crippen LogP contribution < -0.4 is 20.5 Å². The monoisotopic (exact) mass is 384 g/mol. The zero-order valence-corrected chi connectivity index (χ0v) is 16.0. The Morgan fingerprint density at radius 1 is 1.26 bits per heavy atom. The van der Waals surface area contributed by atoms with E-state index in [9.17, 15) is 5.11 Å². The summed E-state index contributed by atoms with van der Waals surface area (Å²) in [6, 6.07) is 6.15. The van der Waals surface area contributed by atoms with E-state index in [2.05, 4.69) is 32.9 Å². The predicted molar refractivity (Wildman–Crippen MR) is 108 cm³/mol. The van der Waals surface area contributed by atoms with Crippen LogP contribution in [0.2, 0.25) is 0 Å². The van der Waals surface area contributed by atoms with Crippen molar-refractivity contribution < 1.29 is 9.84 Å². The van der Waals surface area contributed by atoms with E-state index in [1.807, 2.05) is 18.3 Å². The van der Waals surface area contributed by atoms with Crippen LogP contribution in [0.1, 0.15) is 48.8 Å². The van der Waals surface area contributed by atoms with E-state index in [0.29, 0.717) is 0 Å². The number of hydrogen-bond donors (Lipinski definition) is 3. The molecule has 0 saturated heterocycles. The molecule has 1 fully saturated rings. The molecule has 1 saturated carbocycles. The molecule has 1 aromatic carbocycles. The molecule has 0 bridgehead atoms. The molecule has 7 heteroatoms. The SMILES string of the molecule is OC1CCCc2sc(Nc3cccc(N4CC=CN4)c3OC3CCC3)nc21. The summed E-state index contributed by atoms with van der Waals surface area (Å²) in [7, 11) is 0. The summed E-state index contributed by atoms with van der Waals surface area (Å²) in [5, 5.41) is 16.6. The van der Waals surface area contributed by atoms with E-state index in [-0.39, 0.29) is 6.10 Å². The number of aliphatic hydroxyl groups is 1. The number of aromatic nitrogens is 1. The van der Waals surface area contributed by atoms with Crippen LogP contribution in [0.15, 0.2) is 30.5 Å². The van der Waals surface area contributed by atoms with Crippen molar-refractivity contribution in [3.8, 4) is 5.75 Å². The number of rotatable bonds is 5. The number of thiazole rings is 1. The molecule has 5 rings (SSSR count). The Hall–Kier alpha value is -2.25. The molecule has 3 aliphatic rings. The standard InChI is InChI=1S/C20H24N4O2S/c25-16-9-3-10-17-18(16)23-20(27-17)22-14-7-2-8-15(24-12-4-11-21-24)19(14)26-13-5-1-6-13/h2,4,7-8,11,13,16,21,25H,1,3,5-6,9-10,12H2,(H,22,23). The molecule has 3 N–H and O–H groups in total. The summed E-state index contributed by atoms with van der Waals surface area (Å²) in [6.07, 6.45) is 10.2. The Morgan fingerprint density at radius 2 is 2.19 bits per heavy atom. The molecular formula is C20H24N4O2S. The molecule has 6 nitrogen and oxygen atoms in total. The number of benzene rings is 1. The molecule has 0 spiro atoms. The molecule has 2 aromatic rings. The van der Waals surface area contributed by atoms with Crippen molar-refractivity contribution in [3.05, 3.63) is 41.0 Å². The van der Waals surface area contributed by atoms with Gasteiger partial charge in [-0.15, -0.1) is 11.3 Å². The van der Waals surface area contributed by atoms with Gasteiger partial charge in [0.15, 0.2) is 10.9 Å². The number of fused-ring (bicyclic) bond motifs is 1. The number of nitrogens with zero attached hydrogens (tertiary/aromatic N) is 2. The fourth-order valence-corrected chi connectivity index (χ4v) is 4.77. The average Bonchev–Trinajstić information content (AvgIpc) is 3.29. The first-order chi connectivity index (χ1) is 13.3. The van der Waals surface area contributed by atoms with E-state index < -0.39 is 6.10 Å². The average molecular weight is 385 g/mol. The van der Waals surface area contributed by atoms with Gasteiger partial charge in [0.25, 0.3) is 0 Å². The lowest BCUT2D eigenvalue weighted by atomic mass is 9.96. The number of anilines is 3. The Bertz CT molecular complexity index is 854. The molecule has 1 aromatic heterocycles. The van der Waals surface area contributed by atoms with Crippen LogP contribution in [-0.2, 0) is 6.42 Å². The summed E-state index contributed by atoms with van der Waals surface area (Å²) in [5.41, 5.74) is 6.05. The smallest absolute Gasteiger partial charge is 0.187 e. The summed E-state index contributed by atoms with van der Waals surface area (Å²) >= 11 is 1.64. The Morgan fingerprint density at radius 3 is 2.93 bits per heavy atom. The topological polar surface area (TPSA) is 69.7 Å². The van der Waals surface area contributed by atoms with Gasteiger partial charge in [0.05, 0.1) is 30.1 Å². The molecule has 1 aliphatic heterocycles. The van der Waals surface area contributed by atoms with E-state index in [0.717, 1.165) is 66.6 Å². The second kappa shape index (κ2) is 7.05. The van der Waals surface area contributed by atoms with Crippen LogP contribution in [0.3, 0.4) is 0 Å². The number of hydrazine groups is 1. The largest absolute Gasteiger partial charge is 0.486 e. The number of aryl methyl sites for hydroxylation is 1. The zero-order chi connectivity index (χ0) is 18.2. The molecule has 27 heavy (non-hydrogen) atoms. The van der Waals surface area contributed by atoms with Gasteiger partial charge in [-0.1, -0.05) is 6.07 Å². The number of aliphatic hydroxyl groups excluding tert-OH is 1. The highest BCUT2D eigenvalue weighted by Crippen LogP contribution is 2.42. The molecule has 0 radical (unpaired) electrons. The summed E-state index contributed by atoms with van der Waals surface area (Å²) in [6.45, 7) is 0.808. The van der Waals surface area contributed by atoms with Crippen molar-refractivity contribution in [2.75, 3.05) is 16.9 Å². The molecule has 1 unspecified atom stereocenters. The van der Waals surface area contributed by atoms with Crippen molar-refractivity contribution in [1.29, 1.82) is 0 Å². The second-order valence-electron chi connectivity index (χ2n) is 7.33. The van der Waals surface area contributed by atoms with Gasteiger partial charge in [-0.3, -0.25) is 5.01 Å². The predicted octanol–water partition coefficient (Wildman–Crippen LogP) is 4.03. The van der Waals surface area contributed by atoms with Crippen molar-refractivity contribution >= 4 is 27.8 Å². The number of para-hydroxylation sites is 1. The van der Waals surface area contributed by atoms with Gasteiger partial charge in [0.2, 0.25) is 0 Å². The van der Waals surface area contributed by atoms with Gasteiger partial charge in [0, 0.05) is 11.1 Å². The van der Waals surface area contributed by atoms with E-state index >= 15 is 0 Å². The van der Waals surface area contributed by atoms with Gasteiger partial charge >= 0.3 is 0 Å². The molecule has 0 amide bonds. The maximum atomic E-state index is 10.2. The lowest BCUT2D eigenvalue weighted by molar-refractivity contribution is 0.121. The lowest BCUT2D eigenvalue weighted by Gasteiger charge is -2.30. The summed E-state index contributed by atoms with van der Waals surface area (Å²) in [4.78, 5) is 5.86. The van der Waals surface area contributed by atoms with Gasteiger partial charge in [0.1, 0.15) is 5.69 Å². The Balaban J connectivity index is 1.46. The van der Waals surface area contributed by atoms with E-state index in [1.165, 1.54) is 11.3 Å². The highest BCUT2D eigenvalue weighted by Gasteiger charge is 2.26. The van der Waals surface area contributed by atoms with Crippen LogP contribution in [0.5, 0.6) is 5.75 Å². The van der Waals surface area contributed by atoms with Crippen LogP contribution >= 0.6 is 11.3 Å². The highest BCUT2D eigenvalue weighted by molar-refractivity contribution is 7.15. The van der Waals surface area contributed by atoms with Gasteiger partial charge < -0.3 is 20.6 Å². The van der Waals surface area contributed by atoms with E-state index in [4.69, 9.17) is 4.74 Å². The first-order valence-corrected chi connectivity index (χ1v) is 10.5.